The van der Waals surface area contributed by atoms with E-state index in [9.17, 15) is 4.79 Å². The number of ether oxygens (including phenoxy) is 1. The fourth-order valence-electron chi connectivity index (χ4n) is 2.50. The quantitative estimate of drug-likeness (QED) is 0.721. The number of carbonyl (C=O) groups is 1. The second-order valence-electron chi connectivity index (χ2n) is 5.66. The number of aromatic nitrogens is 2. The van der Waals surface area contributed by atoms with E-state index in [1.807, 2.05) is 48.1 Å². The van der Waals surface area contributed by atoms with E-state index in [4.69, 9.17) is 4.74 Å². The summed E-state index contributed by atoms with van der Waals surface area (Å²) in [5.41, 5.74) is 2.85. The highest BCUT2D eigenvalue weighted by molar-refractivity contribution is 5.94. The maximum absolute atomic E-state index is 12.2. The fraction of sp³-hybridized carbons (Fsp3) is 0.200. The molecule has 3 aromatic rings. The van der Waals surface area contributed by atoms with Gasteiger partial charge in [0.15, 0.2) is 0 Å². The number of rotatable bonds is 7. The molecule has 0 saturated heterocycles. The summed E-state index contributed by atoms with van der Waals surface area (Å²) in [7, 11) is 0. The molecule has 1 heterocycles. The molecule has 2 aromatic carbocycles. The predicted octanol–water partition coefficient (Wildman–Crippen LogP) is 3.26. The number of nitrogens with one attached hydrogen (secondary N) is 1. The Balaban J connectivity index is 1.53. The van der Waals surface area contributed by atoms with Gasteiger partial charge in [-0.15, -0.1) is 0 Å². The van der Waals surface area contributed by atoms with E-state index >= 15 is 0 Å². The third-order valence-corrected chi connectivity index (χ3v) is 3.81. The van der Waals surface area contributed by atoms with Gasteiger partial charge in [0.1, 0.15) is 5.75 Å². The standard InChI is InChI=1S/C20H21N3O2/c1-2-25-19-10-8-18(9-11-19)20(24)21-14-16-4-6-17(7-5-16)15-23-13-3-12-22-23/h3-13H,2,14-15H2,1H3,(H,21,24). The molecule has 0 bridgehead atoms. The predicted molar refractivity (Wildman–Crippen MR) is 96.6 cm³/mol. The Morgan fingerprint density at radius 3 is 2.44 bits per heavy atom. The Morgan fingerprint density at radius 1 is 1.08 bits per heavy atom. The first kappa shape index (κ1) is 16.8. The molecule has 1 N–H and O–H groups in total. The summed E-state index contributed by atoms with van der Waals surface area (Å²) >= 11 is 0. The van der Waals surface area contributed by atoms with Gasteiger partial charge in [0.05, 0.1) is 13.2 Å². The number of amides is 1. The van der Waals surface area contributed by atoms with Crippen molar-refractivity contribution >= 4 is 5.91 Å². The van der Waals surface area contributed by atoms with Crippen LogP contribution in [0, 0.1) is 0 Å². The summed E-state index contributed by atoms with van der Waals surface area (Å²) in [5, 5.41) is 7.13. The van der Waals surface area contributed by atoms with E-state index in [0.717, 1.165) is 17.9 Å². The molecule has 1 aromatic heterocycles. The molecule has 5 heteroatoms. The average molecular weight is 335 g/mol. The second-order valence-corrected chi connectivity index (χ2v) is 5.66. The summed E-state index contributed by atoms with van der Waals surface area (Å²) in [4.78, 5) is 12.2. The lowest BCUT2D eigenvalue weighted by molar-refractivity contribution is 0.0951. The van der Waals surface area contributed by atoms with Gasteiger partial charge in [-0.2, -0.15) is 5.10 Å². The monoisotopic (exact) mass is 335 g/mol. The second kappa shape index (κ2) is 8.15. The van der Waals surface area contributed by atoms with Gasteiger partial charge in [-0.05, 0) is 48.4 Å². The highest BCUT2D eigenvalue weighted by atomic mass is 16.5. The first-order chi connectivity index (χ1) is 12.2. The van der Waals surface area contributed by atoms with Crippen molar-refractivity contribution in [1.82, 2.24) is 15.1 Å². The van der Waals surface area contributed by atoms with Gasteiger partial charge in [0.2, 0.25) is 0 Å². The van der Waals surface area contributed by atoms with Crippen LogP contribution in [0.25, 0.3) is 0 Å². The third-order valence-electron chi connectivity index (χ3n) is 3.81. The van der Waals surface area contributed by atoms with Crippen molar-refractivity contribution in [2.75, 3.05) is 6.61 Å². The average Bonchev–Trinajstić information content (AvgIpc) is 3.15. The van der Waals surface area contributed by atoms with Crippen molar-refractivity contribution in [2.45, 2.75) is 20.0 Å². The number of carbonyl (C=O) groups excluding carboxylic acids is 1. The van der Waals surface area contributed by atoms with Crippen LogP contribution in [-0.2, 0) is 13.1 Å². The van der Waals surface area contributed by atoms with Crippen molar-refractivity contribution in [3.8, 4) is 5.75 Å². The summed E-state index contributed by atoms with van der Waals surface area (Å²) in [6.07, 6.45) is 3.70. The van der Waals surface area contributed by atoms with Gasteiger partial charge in [-0.1, -0.05) is 24.3 Å². The molecule has 0 spiro atoms. The van der Waals surface area contributed by atoms with Crippen LogP contribution in [0.15, 0.2) is 67.0 Å². The van der Waals surface area contributed by atoms with Crippen LogP contribution in [0.2, 0.25) is 0 Å². The van der Waals surface area contributed by atoms with E-state index in [0.29, 0.717) is 18.7 Å². The molecule has 0 saturated carbocycles. The summed E-state index contributed by atoms with van der Waals surface area (Å²) in [6.45, 7) is 3.78. The van der Waals surface area contributed by atoms with Gasteiger partial charge >= 0.3 is 0 Å². The molecule has 25 heavy (non-hydrogen) atoms. The molecule has 0 aliphatic carbocycles. The zero-order valence-corrected chi connectivity index (χ0v) is 14.2. The molecule has 128 valence electrons. The minimum absolute atomic E-state index is 0.0938. The van der Waals surface area contributed by atoms with E-state index in [1.165, 1.54) is 5.56 Å². The molecule has 0 fully saturated rings. The van der Waals surface area contributed by atoms with Crippen molar-refractivity contribution in [1.29, 1.82) is 0 Å². The Morgan fingerprint density at radius 2 is 1.80 bits per heavy atom. The third kappa shape index (κ3) is 4.70. The lowest BCUT2D eigenvalue weighted by Crippen LogP contribution is -2.22. The molecule has 0 atom stereocenters. The molecular formula is C20H21N3O2. The highest BCUT2D eigenvalue weighted by Gasteiger charge is 2.05. The van der Waals surface area contributed by atoms with Gasteiger partial charge in [-0.3, -0.25) is 9.48 Å². The zero-order chi connectivity index (χ0) is 17.5. The van der Waals surface area contributed by atoms with Crippen LogP contribution in [0.5, 0.6) is 5.75 Å². The molecule has 3 rings (SSSR count). The number of hydrogen-bond acceptors (Lipinski definition) is 3. The summed E-state index contributed by atoms with van der Waals surface area (Å²) < 4.78 is 7.26. The lowest BCUT2D eigenvalue weighted by atomic mass is 10.1. The van der Waals surface area contributed by atoms with Gasteiger partial charge in [-0.25, -0.2) is 0 Å². The molecule has 0 radical (unpaired) electrons. The van der Waals surface area contributed by atoms with E-state index < -0.39 is 0 Å². The van der Waals surface area contributed by atoms with Crippen LogP contribution < -0.4 is 10.1 Å². The van der Waals surface area contributed by atoms with Crippen LogP contribution in [0.1, 0.15) is 28.4 Å². The molecule has 1 amide bonds. The van der Waals surface area contributed by atoms with Gasteiger partial charge in [0, 0.05) is 24.5 Å². The van der Waals surface area contributed by atoms with Crippen molar-refractivity contribution in [3.63, 3.8) is 0 Å². The van der Waals surface area contributed by atoms with E-state index in [1.54, 1.807) is 18.3 Å². The molecular weight excluding hydrogens is 314 g/mol. The SMILES string of the molecule is CCOc1ccc(C(=O)NCc2ccc(Cn3cccn3)cc2)cc1. The Bertz CT molecular complexity index is 794. The van der Waals surface area contributed by atoms with Crippen molar-refractivity contribution in [3.05, 3.63) is 83.7 Å². The maximum Gasteiger partial charge on any atom is 0.251 e. The lowest BCUT2D eigenvalue weighted by Gasteiger charge is -2.08. The van der Waals surface area contributed by atoms with Crippen molar-refractivity contribution < 1.29 is 9.53 Å². The molecule has 0 unspecified atom stereocenters. The number of benzene rings is 2. The fourth-order valence-corrected chi connectivity index (χ4v) is 2.50. The van der Waals surface area contributed by atoms with E-state index in [2.05, 4.69) is 22.5 Å². The summed E-state index contributed by atoms with van der Waals surface area (Å²) in [6, 6.07) is 17.2. The first-order valence-electron chi connectivity index (χ1n) is 8.31. The highest BCUT2D eigenvalue weighted by Crippen LogP contribution is 2.12. The van der Waals surface area contributed by atoms with Gasteiger partial charge in [0.25, 0.3) is 5.91 Å². The molecule has 0 aliphatic heterocycles. The van der Waals surface area contributed by atoms with Crippen molar-refractivity contribution in [2.24, 2.45) is 0 Å². The Labute approximate surface area is 147 Å². The smallest absolute Gasteiger partial charge is 0.251 e. The normalized spacial score (nSPS) is 10.4. The number of hydrogen-bond donors (Lipinski definition) is 1. The summed E-state index contributed by atoms with van der Waals surface area (Å²) in [5.74, 6) is 0.676. The zero-order valence-electron chi connectivity index (χ0n) is 14.2. The first-order valence-corrected chi connectivity index (χ1v) is 8.31. The van der Waals surface area contributed by atoms with Crippen LogP contribution >= 0.6 is 0 Å². The van der Waals surface area contributed by atoms with E-state index in [-0.39, 0.29) is 5.91 Å². The minimum Gasteiger partial charge on any atom is -0.494 e. The minimum atomic E-state index is -0.0938. The van der Waals surface area contributed by atoms with Gasteiger partial charge < -0.3 is 10.1 Å². The largest absolute Gasteiger partial charge is 0.494 e. The molecule has 0 aliphatic rings. The maximum atomic E-state index is 12.2. The van der Waals surface area contributed by atoms with Crippen LogP contribution in [-0.4, -0.2) is 22.3 Å². The molecule has 5 nitrogen and oxygen atoms in total. The number of nitrogens with zero attached hydrogens (tertiary/aromatic N) is 2. The Kier molecular flexibility index (Phi) is 5.46. The van der Waals surface area contributed by atoms with Crippen LogP contribution in [0.3, 0.4) is 0 Å². The van der Waals surface area contributed by atoms with Crippen LogP contribution in [0.4, 0.5) is 0 Å². The Hall–Kier alpha value is -3.08. The topological polar surface area (TPSA) is 56.1 Å².